The number of hydrogen-bond acceptors (Lipinski definition) is 5. The number of rotatable bonds is 3. The SMILES string of the molecule is Cc1cn(-c2c(Cl)cccc2[N+](=O)[O-])nc(C(=O)O)c1=O. The highest BCUT2D eigenvalue weighted by Crippen LogP contribution is 2.29. The Morgan fingerprint density at radius 1 is 1.48 bits per heavy atom. The van der Waals surface area contributed by atoms with Gasteiger partial charge in [-0.25, -0.2) is 9.48 Å². The van der Waals surface area contributed by atoms with E-state index < -0.39 is 22.0 Å². The molecule has 9 heteroatoms. The van der Waals surface area contributed by atoms with E-state index in [2.05, 4.69) is 5.10 Å². The van der Waals surface area contributed by atoms with E-state index in [9.17, 15) is 19.7 Å². The smallest absolute Gasteiger partial charge is 0.360 e. The second-order valence-corrected chi connectivity index (χ2v) is 4.51. The molecule has 108 valence electrons. The van der Waals surface area contributed by atoms with Gasteiger partial charge in [0.05, 0.1) is 9.95 Å². The predicted molar refractivity (Wildman–Crippen MR) is 73.2 cm³/mol. The van der Waals surface area contributed by atoms with E-state index in [0.29, 0.717) is 0 Å². The van der Waals surface area contributed by atoms with Crippen LogP contribution in [0.25, 0.3) is 5.69 Å². The van der Waals surface area contributed by atoms with Crippen LogP contribution in [0.5, 0.6) is 0 Å². The molecule has 0 bridgehead atoms. The molecule has 0 radical (unpaired) electrons. The third kappa shape index (κ3) is 2.61. The van der Waals surface area contributed by atoms with E-state index >= 15 is 0 Å². The molecule has 0 aliphatic carbocycles. The maximum atomic E-state index is 11.7. The first-order valence-corrected chi connectivity index (χ1v) is 5.98. The van der Waals surface area contributed by atoms with Gasteiger partial charge in [-0.1, -0.05) is 17.7 Å². The normalized spacial score (nSPS) is 10.4. The zero-order valence-corrected chi connectivity index (χ0v) is 11.4. The van der Waals surface area contributed by atoms with Gasteiger partial charge >= 0.3 is 5.97 Å². The number of nitrogens with zero attached hydrogens (tertiary/aromatic N) is 3. The number of benzene rings is 1. The van der Waals surface area contributed by atoms with Crippen LogP contribution in [-0.4, -0.2) is 25.8 Å². The van der Waals surface area contributed by atoms with Crippen molar-refractivity contribution in [3.05, 3.63) is 61.0 Å². The molecule has 1 N–H and O–H groups in total. The second-order valence-electron chi connectivity index (χ2n) is 4.10. The van der Waals surface area contributed by atoms with Gasteiger partial charge in [-0.15, -0.1) is 0 Å². The van der Waals surface area contributed by atoms with Crippen molar-refractivity contribution in [3.63, 3.8) is 0 Å². The van der Waals surface area contributed by atoms with Crippen molar-refractivity contribution in [2.75, 3.05) is 0 Å². The first kappa shape index (κ1) is 14.7. The van der Waals surface area contributed by atoms with Crippen LogP contribution in [0.4, 0.5) is 5.69 Å². The average molecular weight is 310 g/mol. The minimum Gasteiger partial charge on any atom is -0.476 e. The molecule has 0 saturated carbocycles. The average Bonchev–Trinajstić information content (AvgIpc) is 2.41. The largest absolute Gasteiger partial charge is 0.476 e. The summed E-state index contributed by atoms with van der Waals surface area (Å²) in [7, 11) is 0. The van der Waals surface area contributed by atoms with Crippen molar-refractivity contribution in [1.29, 1.82) is 0 Å². The van der Waals surface area contributed by atoms with E-state index in [-0.39, 0.29) is 22.0 Å². The Kier molecular flexibility index (Phi) is 3.72. The fourth-order valence-electron chi connectivity index (χ4n) is 1.74. The minimum absolute atomic E-state index is 0.0103. The number of carboxylic acids is 1. The molecule has 0 spiro atoms. The summed E-state index contributed by atoms with van der Waals surface area (Å²) in [5.41, 5.74) is -1.86. The predicted octanol–water partition coefficient (Wildman–Crippen LogP) is 1.80. The summed E-state index contributed by atoms with van der Waals surface area (Å²) in [5.74, 6) is -1.52. The molecule has 0 aliphatic heterocycles. The lowest BCUT2D eigenvalue weighted by atomic mass is 10.2. The summed E-state index contributed by atoms with van der Waals surface area (Å²) < 4.78 is 0.931. The number of hydrogen-bond donors (Lipinski definition) is 1. The number of aryl methyl sites for hydroxylation is 1. The van der Waals surface area contributed by atoms with Crippen LogP contribution >= 0.6 is 11.6 Å². The lowest BCUT2D eigenvalue weighted by Crippen LogP contribution is -2.23. The van der Waals surface area contributed by atoms with Gasteiger partial charge in [0.25, 0.3) is 5.69 Å². The molecule has 21 heavy (non-hydrogen) atoms. The standard InChI is InChI=1S/C12H8ClN3O5/c1-6-5-15(14-9(11(6)17)12(18)19)10-7(13)3-2-4-8(10)16(20)21/h2-5H,1H3,(H,18,19). The highest BCUT2D eigenvalue weighted by Gasteiger charge is 2.21. The van der Waals surface area contributed by atoms with E-state index in [1.165, 1.54) is 31.3 Å². The van der Waals surface area contributed by atoms with E-state index in [0.717, 1.165) is 4.68 Å². The molecule has 1 aromatic heterocycles. The van der Waals surface area contributed by atoms with Crippen molar-refractivity contribution in [3.8, 4) is 5.69 Å². The Morgan fingerprint density at radius 2 is 2.14 bits per heavy atom. The van der Waals surface area contributed by atoms with Crippen LogP contribution < -0.4 is 5.43 Å². The molecule has 0 fully saturated rings. The summed E-state index contributed by atoms with van der Waals surface area (Å²) in [4.78, 5) is 33.1. The highest BCUT2D eigenvalue weighted by atomic mass is 35.5. The Hall–Kier alpha value is -2.74. The first-order valence-electron chi connectivity index (χ1n) is 5.60. The Labute approximate surface area is 122 Å². The van der Waals surface area contributed by atoms with Gasteiger partial charge < -0.3 is 5.11 Å². The summed E-state index contributed by atoms with van der Waals surface area (Å²) in [6, 6.07) is 3.99. The lowest BCUT2D eigenvalue weighted by molar-refractivity contribution is -0.384. The molecule has 0 unspecified atom stereocenters. The first-order chi connectivity index (χ1) is 9.82. The summed E-state index contributed by atoms with van der Waals surface area (Å²) >= 11 is 5.94. The molecule has 2 rings (SSSR count). The van der Waals surface area contributed by atoms with Gasteiger partial charge in [0.2, 0.25) is 11.1 Å². The van der Waals surface area contributed by atoms with Gasteiger partial charge in [-0.2, -0.15) is 5.10 Å². The zero-order valence-electron chi connectivity index (χ0n) is 10.6. The van der Waals surface area contributed by atoms with Crippen LogP contribution in [0.2, 0.25) is 5.02 Å². The summed E-state index contributed by atoms with van der Waals surface area (Å²) in [6.07, 6.45) is 1.20. The molecule has 1 aromatic carbocycles. The van der Waals surface area contributed by atoms with Crippen molar-refractivity contribution in [2.24, 2.45) is 0 Å². The van der Waals surface area contributed by atoms with Crippen molar-refractivity contribution in [2.45, 2.75) is 6.92 Å². The molecular formula is C12H8ClN3O5. The Balaban J connectivity index is 2.83. The molecule has 2 aromatic rings. The number of para-hydroxylation sites is 1. The fraction of sp³-hybridized carbons (Fsp3) is 0.0833. The third-order valence-corrected chi connectivity index (χ3v) is 3.00. The molecule has 0 amide bonds. The van der Waals surface area contributed by atoms with Crippen LogP contribution in [0, 0.1) is 17.0 Å². The lowest BCUT2D eigenvalue weighted by Gasteiger charge is -2.09. The maximum Gasteiger partial charge on any atom is 0.360 e. The number of halogens is 1. The fourth-order valence-corrected chi connectivity index (χ4v) is 2.00. The summed E-state index contributed by atoms with van der Waals surface area (Å²) in [6.45, 7) is 1.38. The highest BCUT2D eigenvalue weighted by molar-refractivity contribution is 6.32. The van der Waals surface area contributed by atoms with Crippen molar-refractivity contribution < 1.29 is 14.8 Å². The molecule has 0 aliphatic rings. The minimum atomic E-state index is -1.52. The monoisotopic (exact) mass is 309 g/mol. The van der Waals surface area contributed by atoms with Crippen LogP contribution in [0.3, 0.4) is 0 Å². The molecule has 0 atom stereocenters. The van der Waals surface area contributed by atoms with Gasteiger partial charge in [0, 0.05) is 17.8 Å². The topological polar surface area (TPSA) is 115 Å². The van der Waals surface area contributed by atoms with Gasteiger partial charge in [0.1, 0.15) is 0 Å². The Bertz CT molecular complexity index is 815. The molecule has 8 nitrogen and oxygen atoms in total. The number of carbonyl (C=O) groups is 1. The molecule has 1 heterocycles. The maximum absolute atomic E-state index is 11.7. The second kappa shape index (κ2) is 5.33. The van der Waals surface area contributed by atoms with E-state index in [4.69, 9.17) is 16.7 Å². The molecule has 0 saturated heterocycles. The number of aromatic nitrogens is 2. The van der Waals surface area contributed by atoms with E-state index in [1.54, 1.807) is 0 Å². The van der Waals surface area contributed by atoms with Crippen LogP contribution in [0.15, 0.2) is 29.2 Å². The van der Waals surface area contributed by atoms with Gasteiger partial charge in [-0.3, -0.25) is 14.9 Å². The quantitative estimate of drug-likeness (QED) is 0.682. The van der Waals surface area contributed by atoms with E-state index in [1.807, 2.05) is 0 Å². The van der Waals surface area contributed by atoms with Crippen molar-refractivity contribution in [1.82, 2.24) is 9.78 Å². The van der Waals surface area contributed by atoms with Crippen LogP contribution in [0.1, 0.15) is 16.1 Å². The van der Waals surface area contributed by atoms with Crippen LogP contribution in [-0.2, 0) is 0 Å². The number of aromatic carboxylic acids is 1. The third-order valence-electron chi connectivity index (χ3n) is 2.69. The Morgan fingerprint density at radius 3 is 2.71 bits per heavy atom. The number of carboxylic acid groups (broad SMARTS) is 1. The number of nitro benzene ring substituents is 1. The zero-order chi connectivity index (χ0) is 15.7. The number of nitro groups is 1. The summed E-state index contributed by atoms with van der Waals surface area (Å²) in [5, 5.41) is 23.6. The molecular weight excluding hydrogens is 302 g/mol. The van der Waals surface area contributed by atoms with Gasteiger partial charge in [0.15, 0.2) is 5.69 Å². The van der Waals surface area contributed by atoms with Crippen molar-refractivity contribution >= 4 is 23.3 Å². The van der Waals surface area contributed by atoms with Gasteiger partial charge in [-0.05, 0) is 13.0 Å².